The minimum absolute atomic E-state index is 0.186. The molecule has 0 aliphatic heterocycles. The lowest BCUT2D eigenvalue weighted by Crippen LogP contribution is -2.15. The van der Waals surface area contributed by atoms with E-state index in [1.807, 2.05) is 0 Å². The van der Waals surface area contributed by atoms with E-state index in [1.165, 1.54) is 0 Å². The van der Waals surface area contributed by atoms with E-state index >= 15 is 0 Å². The Balaban J connectivity index is 3.62. The van der Waals surface area contributed by atoms with E-state index in [9.17, 15) is 0 Å². The van der Waals surface area contributed by atoms with E-state index in [-0.39, 0.29) is 5.88 Å². The molecule has 0 nitrogen and oxygen atoms in total. The van der Waals surface area contributed by atoms with Gasteiger partial charge < -0.3 is 0 Å². The predicted octanol–water partition coefficient (Wildman–Crippen LogP) is 3.19. The molecule has 0 unspecified atom stereocenters. The van der Waals surface area contributed by atoms with Gasteiger partial charge in [-0.2, -0.15) is 0 Å². The molecular weight excluding hydrogens is 190 g/mol. The number of alkyl halides is 3. The summed E-state index contributed by atoms with van der Waals surface area (Å²) in [4.78, 5) is 0. The normalized spacial score (nSPS) is 12.8. The van der Waals surface area contributed by atoms with E-state index < -0.39 is 4.33 Å². The second-order valence-electron chi connectivity index (χ2n) is 1.43. The van der Waals surface area contributed by atoms with Gasteiger partial charge in [0.05, 0.1) is 0 Å². The Morgan fingerprint density at radius 2 is 1.88 bits per heavy atom. The molecule has 0 spiro atoms. The number of hydrogen-bond donors (Lipinski definition) is 0. The van der Waals surface area contributed by atoms with Crippen molar-refractivity contribution in [3.05, 3.63) is 5.38 Å². The van der Waals surface area contributed by atoms with E-state index in [4.69, 9.17) is 46.4 Å². The van der Waals surface area contributed by atoms with Gasteiger partial charge in [-0.1, -0.05) is 23.2 Å². The third-order valence-corrected chi connectivity index (χ3v) is 2.16. The largest absolute Gasteiger partial charge is 0.137 e. The molecule has 0 saturated heterocycles. The third-order valence-electron chi connectivity index (χ3n) is 0.594. The van der Waals surface area contributed by atoms with Crippen LogP contribution in [0.3, 0.4) is 0 Å². The maximum Gasteiger partial charge on any atom is 0.137 e. The molecule has 8 heavy (non-hydrogen) atoms. The molecule has 0 bridgehead atoms. The molecule has 0 rings (SSSR count). The quantitative estimate of drug-likeness (QED) is 0.593. The topological polar surface area (TPSA) is 0 Å². The smallest absolute Gasteiger partial charge is 0.125 e. The Morgan fingerprint density at radius 1 is 1.50 bits per heavy atom. The van der Waals surface area contributed by atoms with Gasteiger partial charge in [-0.3, -0.25) is 0 Å². The lowest BCUT2D eigenvalue weighted by Gasteiger charge is -2.15. The Morgan fingerprint density at radius 3 is 1.88 bits per heavy atom. The molecule has 0 N–H and O–H groups in total. The molecular formula is C4H5Cl4. The number of rotatable bonds is 2. The fraction of sp³-hybridized carbons (Fsp3) is 0.750. The summed E-state index contributed by atoms with van der Waals surface area (Å²) >= 11 is 21.8. The Hall–Kier alpha value is 1.16. The molecule has 0 atom stereocenters. The van der Waals surface area contributed by atoms with Crippen molar-refractivity contribution < 1.29 is 0 Å². The van der Waals surface area contributed by atoms with Gasteiger partial charge in [0.15, 0.2) is 0 Å². The van der Waals surface area contributed by atoms with E-state index in [0.29, 0.717) is 5.38 Å². The van der Waals surface area contributed by atoms with Crippen LogP contribution in [0.25, 0.3) is 0 Å². The maximum absolute atomic E-state index is 5.50. The highest BCUT2D eigenvalue weighted by molar-refractivity contribution is 6.55. The van der Waals surface area contributed by atoms with Crippen LogP contribution in [0.1, 0.15) is 6.92 Å². The standard InChI is InChI=1S/C4H5Cl4/c1-4(7,8)3(6)2-5/h2H2,1H3. The molecule has 4 heteroatoms. The van der Waals surface area contributed by atoms with Crippen LogP contribution in [0, 0.1) is 5.38 Å². The summed E-state index contributed by atoms with van der Waals surface area (Å²) in [6.45, 7) is 1.57. The van der Waals surface area contributed by atoms with Crippen LogP contribution in [0.2, 0.25) is 0 Å². The summed E-state index contributed by atoms with van der Waals surface area (Å²) in [5, 5.41) is 0.350. The zero-order chi connectivity index (χ0) is 6.78. The van der Waals surface area contributed by atoms with Gasteiger partial charge in [-0.05, 0) is 6.92 Å². The minimum Gasteiger partial charge on any atom is -0.125 e. The summed E-state index contributed by atoms with van der Waals surface area (Å²) in [6, 6.07) is 0. The number of halogens is 4. The van der Waals surface area contributed by atoms with Crippen LogP contribution in [0.15, 0.2) is 0 Å². The van der Waals surface area contributed by atoms with E-state index in [2.05, 4.69) is 0 Å². The highest BCUT2D eigenvalue weighted by atomic mass is 35.5. The predicted molar refractivity (Wildman–Crippen MR) is 39.9 cm³/mol. The molecule has 49 valence electrons. The number of hydrogen-bond acceptors (Lipinski definition) is 0. The second-order valence-corrected chi connectivity index (χ2v) is 3.86. The molecule has 1 radical (unpaired) electrons. The van der Waals surface area contributed by atoms with Gasteiger partial charge in [-0.25, -0.2) is 0 Å². The Labute approximate surface area is 69.0 Å². The van der Waals surface area contributed by atoms with Gasteiger partial charge in [0.2, 0.25) is 0 Å². The summed E-state index contributed by atoms with van der Waals surface area (Å²) in [7, 11) is 0. The molecule has 0 saturated carbocycles. The van der Waals surface area contributed by atoms with Crippen molar-refractivity contribution in [3.63, 3.8) is 0 Å². The van der Waals surface area contributed by atoms with E-state index in [1.54, 1.807) is 6.92 Å². The fourth-order valence-corrected chi connectivity index (χ4v) is 0.655. The van der Waals surface area contributed by atoms with Crippen LogP contribution in [0.4, 0.5) is 0 Å². The molecule has 0 amide bonds. The summed E-state index contributed by atoms with van der Waals surface area (Å²) in [5.41, 5.74) is 0. The first-order valence-corrected chi connectivity index (χ1v) is 3.61. The first kappa shape index (κ1) is 9.16. The van der Waals surface area contributed by atoms with Crippen molar-refractivity contribution in [1.29, 1.82) is 0 Å². The zero-order valence-corrected chi connectivity index (χ0v) is 7.24. The van der Waals surface area contributed by atoms with Gasteiger partial charge in [0.1, 0.15) is 9.71 Å². The van der Waals surface area contributed by atoms with Crippen molar-refractivity contribution in [2.75, 3.05) is 5.88 Å². The average molecular weight is 195 g/mol. The lowest BCUT2D eigenvalue weighted by atomic mass is 10.3. The summed E-state index contributed by atoms with van der Waals surface area (Å²) in [6.07, 6.45) is 0. The van der Waals surface area contributed by atoms with Crippen molar-refractivity contribution in [3.8, 4) is 0 Å². The average Bonchev–Trinajstić information content (AvgIpc) is 1.62. The Kier molecular flexibility index (Phi) is 3.85. The third kappa shape index (κ3) is 3.24. The fourth-order valence-electron chi connectivity index (χ4n) is 0.117. The van der Waals surface area contributed by atoms with Crippen molar-refractivity contribution in [1.82, 2.24) is 0 Å². The van der Waals surface area contributed by atoms with Gasteiger partial charge in [0.25, 0.3) is 0 Å². The minimum atomic E-state index is -0.997. The highest BCUT2D eigenvalue weighted by Crippen LogP contribution is 2.34. The lowest BCUT2D eigenvalue weighted by molar-refractivity contribution is 0.972. The van der Waals surface area contributed by atoms with Crippen LogP contribution < -0.4 is 0 Å². The first-order chi connectivity index (χ1) is 3.48. The van der Waals surface area contributed by atoms with E-state index in [0.717, 1.165) is 0 Å². The molecule has 0 aliphatic carbocycles. The van der Waals surface area contributed by atoms with Gasteiger partial charge in [0, 0.05) is 5.88 Å². The summed E-state index contributed by atoms with van der Waals surface area (Å²) < 4.78 is -0.997. The van der Waals surface area contributed by atoms with Crippen molar-refractivity contribution in [2.45, 2.75) is 11.3 Å². The Bertz CT molecular complexity index is 64.9. The maximum atomic E-state index is 5.50. The molecule has 0 aromatic carbocycles. The van der Waals surface area contributed by atoms with Crippen molar-refractivity contribution in [2.24, 2.45) is 0 Å². The molecule has 0 aromatic rings. The molecule has 0 aliphatic rings. The monoisotopic (exact) mass is 193 g/mol. The first-order valence-electron chi connectivity index (χ1n) is 1.94. The van der Waals surface area contributed by atoms with Crippen LogP contribution in [-0.4, -0.2) is 10.2 Å². The summed E-state index contributed by atoms with van der Waals surface area (Å²) in [5.74, 6) is 0.186. The molecule has 0 heterocycles. The van der Waals surface area contributed by atoms with Crippen molar-refractivity contribution >= 4 is 46.4 Å². The SMILES string of the molecule is CC(Cl)(Cl)[C](Cl)CCl. The van der Waals surface area contributed by atoms with Crippen LogP contribution in [-0.2, 0) is 0 Å². The highest BCUT2D eigenvalue weighted by Gasteiger charge is 2.27. The van der Waals surface area contributed by atoms with Crippen LogP contribution in [0.5, 0.6) is 0 Å². The van der Waals surface area contributed by atoms with Crippen LogP contribution >= 0.6 is 46.4 Å². The second kappa shape index (κ2) is 3.36. The van der Waals surface area contributed by atoms with Gasteiger partial charge in [-0.15, -0.1) is 23.2 Å². The molecule has 0 aromatic heterocycles. The molecule has 0 fully saturated rings. The zero-order valence-electron chi connectivity index (χ0n) is 4.22. The van der Waals surface area contributed by atoms with Gasteiger partial charge >= 0.3 is 0 Å².